The van der Waals surface area contributed by atoms with Gasteiger partial charge < -0.3 is 5.32 Å². The van der Waals surface area contributed by atoms with Gasteiger partial charge in [-0.25, -0.2) is 4.98 Å². The van der Waals surface area contributed by atoms with Gasteiger partial charge >= 0.3 is 0 Å². The van der Waals surface area contributed by atoms with E-state index in [1.165, 1.54) is 11.3 Å². The van der Waals surface area contributed by atoms with Gasteiger partial charge in [0.05, 0.1) is 6.42 Å². The molecule has 0 unspecified atom stereocenters. The minimum atomic E-state index is -0.679. The van der Waals surface area contributed by atoms with Gasteiger partial charge in [0.1, 0.15) is 10.8 Å². The van der Waals surface area contributed by atoms with E-state index in [0.29, 0.717) is 17.2 Å². The van der Waals surface area contributed by atoms with Gasteiger partial charge in [0.15, 0.2) is 0 Å². The van der Waals surface area contributed by atoms with Gasteiger partial charge in [-0.05, 0) is 0 Å². The highest BCUT2D eigenvalue weighted by atomic mass is 32.1. The third-order valence-electron chi connectivity index (χ3n) is 1.07. The van der Waals surface area contributed by atoms with E-state index in [0.717, 1.165) is 0 Å². The lowest BCUT2D eigenvalue weighted by atomic mass is 10.4. The Labute approximate surface area is 72.6 Å². The summed E-state index contributed by atoms with van der Waals surface area (Å²) in [6, 6.07) is 0. The Morgan fingerprint density at radius 3 is 3.17 bits per heavy atom. The molecule has 2 amide bonds. The Kier molecular flexibility index (Phi) is 2.76. The summed E-state index contributed by atoms with van der Waals surface area (Å²) in [6.45, 7) is 0. The van der Waals surface area contributed by atoms with E-state index in [9.17, 15) is 9.59 Å². The molecule has 5 nitrogen and oxygen atoms in total. The lowest BCUT2D eigenvalue weighted by Gasteiger charge is -1.88. The van der Waals surface area contributed by atoms with E-state index in [1.54, 1.807) is 5.38 Å². The number of amides is 2. The van der Waals surface area contributed by atoms with E-state index in [-0.39, 0.29) is 6.42 Å². The first-order valence-corrected chi connectivity index (χ1v) is 3.99. The first-order chi connectivity index (χ1) is 5.72. The number of carbonyl (C=O) groups is 2. The zero-order chi connectivity index (χ0) is 8.97. The first kappa shape index (κ1) is 8.66. The molecule has 1 radical (unpaired) electrons. The van der Waals surface area contributed by atoms with Crippen LogP contribution in [0.15, 0.2) is 5.38 Å². The predicted octanol–water partition coefficient (Wildman–Crippen LogP) is 0.0634. The molecule has 1 aromatic heterocycles. The summed E-state index contributed by atoms with van der Waals surface area (Å²) in [6.07, 6.45) is 0.520. The summed E-state index contributed by atoms with van der Waals surface area (Å²) in [4.78, 5) is 24.2. The third kappa shape index (κ3) is 2.31. The lowest BCUT2D eigenvalue weighted by Crippen LogP contribution is -2.02. The quantitative estimate of drug-likeness (QED) is 0.672. The Hall–Kier alpha value is -1.43. The number of nitrogens with one attached hydrogen (secondary N) is 2. The van der Waals surface area contributed by atoms with Gasteiger partial charge in [-0.2, -0.15) is 0 Å². The summed E-state index contributed by atoms with van der Waals surface area (Å²) >= 11 is 1.24. The van der Waals surface area contributed by atoms with Crippen molar-refractivity contribution >= 4 is 29.5 Å². The molecule has 0 aromatic carbocycles. The molecule has 1 heterocycles. The first-order valence-electron chi connectivity index (χ1n) is 3.11. The molecule has 0 spiro atoms. The van der Waals surface area contributed by atoms with Crippen molar-refractivity contribution in [2.45, 2.75) is 6.42 Å². The van der Waals surface area contributed by atoms with Crippen LogP contribution in [0.3, 0.4) is 0 Å². The molecule has 0 saturated carbocycles. The largest absolute Gasteiger partial charge is 0.313 e. The molecule has 0 aliphatic carbocycles. The van der Waals surface area contributed by atoms with Crippen LogP contribution in [0.1, 0.15) is 5.01 Å². The molecule has 0 aliphatic rings. The summed E-state index contributed by atoms with van der Waals surface area (Å²) in [5, 5.41) is 4.51. The number of thiazole rings is 1. The predicted molar refractivity (Wildman–Crippen MR) is 43.6 cm³/mol. The maximum Gasteiger partial charge on any atom is 0.245 e. The molecule has 12 heavy (non-hydrogen) atoms. The maximum atomic E-state index is 10.3. The fourth-order valence-corrected chi connectivity index (χ4v) is 1.39. The van der Waals surface area contributed by atoms with E-state index in [2.05, 4.69) is 10.3 Å². The third-order valence-corrected chi connectivity index (χ3v) is 1.92. The zero-order valence-electron chi connectivity index (χ0n) is 6.03. The van der Waals surface area contributed by atoms with E-state index in [4.69, 9.17) is 5.73 Å². The molecule has 0 saturated heterocycles. The van der Waals surface area contributed by atoms with E-state index >= 15 is 0 Å². The topological polar surface area (TPSA) is 82.9 Å². The number of nitrogens with zero attached hydrogens (tertiary/aromatic N) is 1. The van der Waals surface area contributed by atoms with Crippen molar-refractivity contribution in [2.75, 3.05) is 5.32 Å². The van der Waals surface area contributed by atoms with Gasteiger partial charge in [0, 0.05) is 5.38 Å². The molecule has 1 aromatic rings. The Morgan fingerprint density at radius 2 is 2.58 bits per heavy atom. The molecule has 0 bridgehead atoms. The Balaban J connectivity index is 2.63. The van der Waals surface area contributed by atoms with E-state index < -0.39 is 5.91 Å². The number of aromatic nitrogens is 1. The number of hydrogen-bond acceptors (Lipinski definition) is 4. The molecular weight excluding hydrogens is 178 g/mol. The molecule has 1 rings (SSSR count). The lowest BCUT2D eigenvalue weighted by molar-refractivity contribution is -0.118. The van der Waals surface area contributed by atoms with Crippen LogP contribution in [0.2, 0.25) is 0 Å². The second-order valence-corrected chi connectivity index (χ2v) is 2.93. The zero-order valence-corrected chi connectivity index (χ0v) is 6.85. The average molecular weight is 184 g/mol. The highest BCUT2D eigenvalue weighted by Gasteiger charge is 2.04. The van der Waals surface area contributed by atoms with Crippen molar-refractivity contribution in [3.63, 3.8) is 0 Å². The minimum Gasteiger partial charge on any atom is -0.313 e. The Bertz CT molecular complexity index is 297. The number of anilines is 1. The van der Waals surface area contributed by atoms with Crippen LogP contribution in [0.25, 0.3) is 0 Å². The van der Waals surface area contributed by atoms with Crippen molar-refractivity contribution in [3.8, 4) is 0 Å². The highest BCUT2D eigenvalue weighted by Crippen LogP contribution is 2.13. The number of carbonyl (C=O) groups excluding carboxylic acids is 2. The van der Waals surface area contributed by atoms with Gasteiger partial charge in [-0.1, -0.05) is 0 Å². The monoisotopic (exact) mass is 184 g/mol. The minimum absolute atomic E-state index is 0.00516. The average Bonchev–Trinajstić information content (AvgIpc) is 2.36. The second kappa shape index (κ2) is 3.82. The van der Waals surface area contributed by atoms with Crippen molar-refractivity contribution < 1.29 is 9.59 Å². The molecule has 2 N–H and O–H groups in total. The van der Waals surface area contributed by atoms with Gasteiger partial charge in [0.25, 0.3) is 0 Å². The van der Waals surface area contributed by atoms with Gasteiger partial charge in [0.2, 0.25) is 12.3 Å². The van der Waals surface area contributed by atoms with E-state index in [1.807, 2.05) is 0 Å². The summed E-state index contributed by atoms with van der Waals surface area (Å²) in [7, 11) is 0. The fraction of sp³-hybridized carbons (Fsp3) is 0.167. The molecule has 0 aliphatic heterocycles. The van der Waals surface area contributed by atoms with Crippen molar-refractivity contribution in [1.82, 2.24) is 10.7 Å². The normalized spacial score (nSPS) is 9.33. The maximum absolute atomic E-state index is 10.3. The van der Waals surface area contributed by atoms with Crippen LogP contribution in [0.5, 0.6) is 0 Å². The van der Waals surface area contributed by atoms with Crippen LogP contribution in [0, 0.1) is 0 Å². The smallest absolute Gasteiger partial charge is 0.245 e. The molecule has 0 atom stereocenters. The van der Waals surface area contributed by atoms with Crippen molar-refractivity contribution in [2.24, 2.45) is 0 Å². The SMILES string of the molecule is [NH]C(=O)Cc1nc(NC=O)cs1. The fourth-order valence-electron chi connectivity index (χ4n) is 0.656. The molecular formula is C6H6N3O2S. The summed E-state index contributed by atoms with van der Waals surface area (Å²) in [5.41, 5.74) is 6.66. The second-order valence-electron chi connectivity index (χ2n) is 1.99. The van der Waals surface area contributed by atoms with Gasteiger partial charge in [-0.3, -0.25) is 15.3 Å². The number of rotatable bonds is 4. The van der Waals surface area contributed by atoms with Crippen molar-refractivity contribution in [3.05, 3.63) is 10.4 Å². The standard InChI is InChI=1S/C6H6N3O2S/c7-4(11)1-6-9-5(2-12-6)8-3-10/h2-3,7H,1H2,(H,8,10). The molecule has 6 heteroatoms. The summed E-state index contributed by atoms with van der Waals surface area (Å²) < 4.78 is 0. The highest BCUT2D eigenvalue weighted by molar-refractivity contribution is 7.10. The van der Waals surface area contributed by atoms with Gasteiger partial charge in [-0.15, -0.1) is 11.3 Å². The van der Waals surface area contributed by atoms with Crippen LogP contribution in [-0.2, 0) is 16.0 Å². The van der Waals surface area contributed by atoms with Crippen LogP contribution in [0.4, 0.5) is 5.82 Å². The van der Waals surface area contributed by atoms with Crippen LogP contribution in [-0.4, -0.2) is 17.3 Å². The summed E-state index contributed by atoms with van der Waals surface area (Å²) in [5.74, 6) is -0.256. The molecule has 63 valence electrons. The number of hydrogen-bond donors (Lipinski definition) is 1. The molecule has 0 fully saturated rings. The van der Waals surface area contributed by atoms with Crippen LogP contribution >= 0.6 is 11.3 Å². The Morgan fingerprint density at radius 1 is 1.83 bits per heavy atom. The van der Waals surface area contributed by atoms with Crippen molar-refractivity contribution in [1.29, 1.82) is 0 Å². The van der Waals surface area contributed by atoms with Crippen LogP contribution < -0.4 is 11.1 Å².